The first-order valence-electron chi connectivity index (χ1n) is 6.41. The Kier molecular flexibility index (Phi) is 5.02. The van der Waals surface area contributed by atoms with E-state index in [1.807, 2.05) is 0 Å². The summed E-state index contributed by atoms with van der Waals surface area (Å²) in [6.45, 7) is 0.315. The van der Waals surface area contributed by atoms with Gasteiger partial charge >= 0.3 is 0 Å². The number of rotatable bonds is 5. The summed E-state index contributed by atoms with van der Waals surface area (Å²) in [6, 6.07) is 2.76. The predicted octanol–water partition coefficient (Wildman–Crippen LogP) is 1.46. The Morgan fingerprint density at radius 1 is 1.41 bits per heavy atom. The Morgan fingerprint density at radius 3 is 2.73 bits per heavy atom. The van der Waals surface area contributed by atoms with Gasteiger partial charge < -0.3 is 4.90 Å². The first-order chi connectivity index (χ1) is 10.4. The minimum atomic E-state index is -1.86. The van der Waals surface area contributed by atoms with Crippen molar-refractivity contribution < 1.29 is 17.8 Å². The summed E-state index contributed by atoms with van der Waals surface area (Å²) >= 11 is 0. The maximum Gasteiger partial charge on any atom is 0.235 e. The highest BCUT2D eigenvalue weighted by Gasteiger charge is 2.18. The molecule has 0 spiro atoms. The van der Waals surface area contributed by atoms with Gasteiger partial charge in [0, 0.05) is 38.5 Å². The van der Waals surface area contributed by atoms with Gasteiger partial charge in [-0.05, 0) is 12.1 Å². The summed E-state index contributed by atoms with van der Waals surface area (Å²) in [4.78, 5) is 13.2. The van der Waals surface area contributed by atoms with Gasteiger partial charge in [-0.1, -0.05) is 0 Å². The molecule has 1 amide bonds. The van der Waals surface area contributed by atoms with Crippen molar-refractivity contribution in [1.29, 1.82) is 0 Å². The molecular formula is C14H15F2N3O2S. The molecule has 1 atom stereocenters. The van der Waals surface area contributed by atoms with Crippen LogP contribution in [0.25, 0.3) is 0 Å². The molecule has 0 N–H and O–H groups in total. The van der Waals surface area contributed by atoms with Gasteiger partial charge in [0.25, 0.3) is 0 Å². The average molecular weight is 327 g/mol. The highest BCUT2D eigenvalue weighted by Crippen LogP contribution is 2.14. The topological polar surface area (TPSA) is 55.2 Å². The van der Waals surface area contributed by atoms with E-state index in [0.717, 1.165) is 17.7 Å². The van der Waals surface area contributed by atoms with Gasteiger partial charge in [0.1, 0.15) is 17.4 Å². The first-order valence-corrected chi connectivity index (χ1v) is 7.73. The van der Waals surface area contributed by atoms with Crippen LogP contribution in [0.5, 0.6) is 0 Å². The molecule has 2 rings (SSSR count). The zero-order chi connectivity index (χ0) is 16.3. The molecule has 0 aliphatic rings. The van der Waals surface area contributed by atoms with E-state index >= 15 is 0 Å². The van der Waals surface area contributed by atoms with Crippen LogP contribution in [0.3, 0.4) is 0 Å². The van der Waals surface area contributed by atoms with Gasteiger partial charge in [0.05, 0.1) is 21.9 Å². The molecule has 0 bridgehead atoms. The van der Waals surface area contributed by atoms with Crippen molar-refractivity contribution in [3.8, 4) is 0 Å². The number of carbonyl (C=O) groups excluding carboxylic acids is 1. The lowest BCUT2D eigenvalue weighted by Crippen LogP contribution is -2.30. The van der Waals surface area contributed by atoms with E-state index in [1.165, 1.54) is 4.90 Å². The molecule has 0 saturated carbocycles. The quantitative estimate of drug-likeness (QED) is 0.835. The Labute approximate surface area is 129 Å². The second kappa shape index (κ2) is 6.78. The maximum atomic E-state index is 13.5. The molecule has 118 valence electrons. The lowest BCUT2D eigenvalue weighted by molar-refractivity contribution is -0.127. The Hall–Kier alpha value is -2.09. The number of aromatic nitrogens is 2. The van der Waals surface area contributed by atoms with Crippen LogP contribution in [0, 0.1) is 11.6 Å². The van der Waals surface area contributed by atoms with E-state index in [4.69, 9.17) is 0 Å². The molecule has 0 saturated heterocycles. The van der Waals surface area contributed by atoms with Crippen LogP contribution in [-0.2, 0) is 29.2 Å². The summed E-state index contributed by atoms with van der Waals surface area (Å²) in [5.74, 6) is -2.43. The zero-order valence-electron chi connectivity index (χ0n) is 12.1. The number of benzene rings is 1. The van der Waals surface area contributed by atoms with Crippen LogP contribution >= 0.6 is 0 Å². The number of aryl methyl sites for hydroxylation is 1. The number of carbonyl (C=O) groups is 1. The first kappa shape index (κ1) is 16.3. The van der Waals surface area contributed by atoms with Crippen LogP contribution in [0.4, 0.5) is 8.78 Å². The predicted molar refractivity (Wildman–Crippen MR) is 77.3 cm³/mol. The van der Waals surface area contributed by atoms with Crippen LogP contribution in [0.15, 0.2) is 35.5 Å². The highest BCUT2D eigenvalue weighted by atomic mass is 32.2. The number of hydrogen-bond donors (Lipinski definition) is 0. The van der Waals surface area contributed by atoms with E-state index in [2.05, 4.69) is 5.10 Å². The van der Waals surface area contributed by atoms with Crippen LogP contribution < -0.4 is 0 Å². The lowest BCUT2D eigenvalue weighted by atomic mass is 10.3. The standard InChI is InChI=1S/C14H15F2N3O2S/c1-18(7-10-6-17-19(2)8-10)14(20)9-22(21)13-4-3-11(15)5-12(13)16/h3-6,8H,7,9H2,1-2H3. The monoisotopic (exact) mass is 327 g/mol. The SMILES string of the molecule is CN(Cc1cnn(C)c1)C(=O)CS(=O)c1ccc(F)cc1F. The third-order valence-corrected chi connectivity index (χ3v) is 4.33. The van der Waals surface area contributed by atoms with Crippen molar-refractivity contribution in [3.05, 3.63) is 47.8 Å². The van der Waals surface area contributed by atoms with Crippen LogP contribution in [0.2, 0.25) is 0 Å². The van der Waals surface area contributed by atoms with Gasteiger partial charge in [-0.25, -0.2) is 8.78 Å². The summed E-state index contributed by atoms with van der Waals surface area (Å²) in [6.07, 6.45) is 3.39. The van der Waals surface area contributed by atoms with Crippen molar-refractivity contribution >= 4 is 16.7 Å². The largest absolute Gasteiger partial charge is 0.341 e. The second-order valence-corrected chi connectivity index (χ2v) is 6.26. The Bertz CT molecular complexity index is 718. The Balaban J connectivity index is 1.99. The number of amides is 1. The zero-order valence-corrected chi connectivity index (χ0v) is 12.9. The van der Waals surface area contributed by atoms with Crippen molar-refractivity contribution in [2.75, 3.05) is 12.8 Å². The van der Waals surface area contributed by atoms with Gasteiger partial charge in [0.15, 0.2) is 0 Å². The minimum absolute atomic E-state index is 0.176. The molecule has 0 radical (unpaired) electrons. The smallest absolute Gasteiger partial charge is 0.235 e. The van der Waals surface area contributed by atoms with Gasteiger partial charge in [-0.15, -0.1) is 0 Å². The molecule has 8 heteroatoms. The molecule has 0 aliphatic carbocycles. The third kappa shape index (κ3) is 3.97. The molecular weight excluding hydrogens is 312 g/mol. The molecule has 0 fully saturated rings. The van der Waals surface area contributed by atoms with E-state index in [-0.39, 0.29) is 10.6 Å². The fraction of sp³-hybridized carbons (Fsp3) is 0.286. The van der Waals surface area contributed by atoms with Crippen LogP contribution in [-0.4, -0.2) is 37.6 Å². The van der Waals surface area contributed by atoms with Crippen molar-refractivity contribution in [2.24, 2.45) is 7.05 Å². The molecule has 1 aromatic heterocycles. The summed E-state index contributed by atoms with van der Waals surface area (Å²) in [5, 5.41) is 3.99. The van der Waals surface area contributed by atoms with E-state index in [0.29, 0.717) is 12.6 Å². The van der Waals surface area contributed by atoms with Crippen molar-refractivity contribution in [3.63, 3.8) is 0 Å². The van der Waals surface area contributed by atoms with E-state index in [9.17, 15) is 17.8 Å². The molecule has 5 nitrogen and oxygen atoms in total. The Morgan fingerprint density at radius 2 is 2.14 bits per heavy atom. The summed E-state index contributed by atoms with van der Waals surface area (Å²) < 4.78 is 40.0. The fourth-order valence-electron chi connectivity index (χ4n) is 1.88. The third-order valence-electron chi connectivity index (χ3n) is 3.00. The second-order valence-electron chi connectivity index (χ2n) is 4.84. The molecule has 0 aliphatic heterocycles. The summed E-state index contributed by atoms with van der Waals surface area (Å²) in [7, 11) is 1.46. The maximum absolute atomic E-state index is 13.5. The molecule has 22 heavy (non-hydrogen) atoms. The molecule has 1 unspecified atom stereocenters. The molecule has 1 aromatic carbocycles. The van der Waals surface area contributed by atoms with E-state index < -0.39 is 28.3 Å². The molecule has 2 aromatic rings. The van der Waals surface area contributed by atoms with Gasteiger partial charge in [-0.3, -0.25) is 13.7 Å². The average Bonchev–Trinajstić information content (AvgIpc) is 2.83. The van der Waals surface area contributed by atoms with Gasteiger partial charge in [-0.2, -0.15) is 5.10 Å². The van der Waals surface area contributed by atoms with Gasteiger partial charge in [0.2, 0.25) is 5.91 Å². The fourth-order valence-corrected chi connectivity index (χ4v) is 2.97. The molecule has 1 heterocycles. The van der Waals surface area contributed by atoms with Crippen molar-refractivity contribution in [1.82, 2.24) is 14.7 Å². The number of nitrogens with zero attached hydrogens (tertiary/aromatic N) is 3. The minimum Gasteiger partial charge on any atom is -0.341 e. The van der Waals surface area contributed by atoms with Crippen LogP contribution in [0.1, 0.15) is 5.56 Å². The van der Waals surface area contributed by atoms with E-state index in [1.54, 1.807) is 31.2 Å². The summed E-state index contributed by atoms with van der Waals surface area (Å²) in [5.41, 5.74) is 0.831. The normalized spacial score (nSPS) is 12.2. The highest BCUT2D eigenvalue weighted by molar-refractivity contribution is 7.85. The lowest BCUT2D eigenvalue weighted by Gasteiger charge is -2.16. The number of hydrogen-bond acceptors (Lipinski definition) is 3. The number of halogens is 2. The van der Waals surface area contributed by atoms with Crippen molar-refractivity contribution in [2.45, 2.75) is 11.4 Å².